The summed E-state index contributed by atoms with van der Waals surface area (Å²) < 4.78 is 26.5. The average molecular weight is 213 g/mol. The first-order valence-electron chi connectivity index (χ1n) is 4.99. The Balaban J connectivity index is 2.82. The molecule has 1 rings (SSSR count). The highest BCUT2D eigenvalue weighted by molar-refractivity contribution is 5.47. The van der Waals surface area contributed by atoms with Crippen molar-refractivity contribution in [3.63, 3.8) is 0 Å². The average Bonchev–Trinajstić information content (AvgIpc) is 2.07. The maximum absolute atomic E-state index is 13.4. The topological polar surface area (TPSA) is 12.0 Å². The summed E-state index contributed by atoms with van der Waals surface area (Å²) in [4.78, 5) is 0. The van der Waals surface area contributed by atoms with Crippen LogP contribution in [0, 0.1) is 24.0 Å². The van der Waals surface area contributed by atoms with Gasteiger partial charge < -0.3 is 5.32 Å². The Labute approximate surface area is 89.5 Å². The molecule has 0 aromatic heterocycles. The van der Waals surface area contributed by atoms with Crippen molar-refractivity contribution in [2.75, 3.05) is 11.9 Å². The van der Waals surface area contributed by atoms with E-state index in [-0.39, 0.29) is 16.9 Å². The minimum atomic E-state index is -0.404. The Kier molecular flexibility index (Phi) is 3.32. The van der Waals surface area contributed by atoms with Crippen LogP contribution in [0.1, 0.15) is 26.3 Å². The van der Waals surface area contributed by atoms with Crippen LogP contribution in [-0.2, 0) is 0 Å². The Morgan fingerprint density at radius 1 is 1.13 bits per heavy atom. The summed E-state index contributed by atoms with van der Waals surface area (Å²) in [6.07, 6.45) is 0. The third-order valence-electron chi connectivity index (χ3n) is 2.06. The van der Waals surface area contributed by atoms with Crippen molar-refractivity contribution in [2.45, 2.75) is 27.7 Å². The molecule has 1 aromatic carbocycles. The molecule has 0 radical (unpaired) electrons. The minimum absolute atomic E-state index is 0.0355. The maximum Gasteiger partial charge on any atom is 0.146 e. The fourth-order valence-electron chi connectivity index (χ4n) is 1.14. The van der Waals surface area contributed by atoms with E-state index in [0.717, 1.165) is 0 Å². The highest BCUT2D eigenvalue weighted by atomic mass is 19.1. The second kappa shape index (κ2) is 4.17. The highest BCUT2D eigenvalue weighted by Crippen LogP contribution is 2.21. The summed E-state index contributed by atoms with van der Waals surface area (Å²) in [7, 11) is 0. The summed E-state index contributed by atoms with van der Waals surface area (Å²) in [6.45, 7) is 8.24. The van der Waals surface area contributed by atoms with Gasteiger partial charge in [-0.3, -0.25) is 0 Å². The number of halogens is 2. The number of rotatable bonds is 2. The molecule has 0 heterocycles. The summed E-state index contributed by atoms with van der Waals surface area (Å²) in [5.41, 5.74) is 0.593. The van der Waals surface area contributed by atoms with Crippen LogP contribution in [0.3, 0.4) is 0 Å². The SMILES string of the molecule is Cc1cc(F)c(NCC(C)(C)C)cc1F. The lowest BCUT2D eigenvalue weighted by Gasteiger charge is -2.20. The Hall–Kier alpha value is -1.12. The Bertz CT molecular complexity index is 353. The number of hydrogen-bond donors (Lipinski definition) is 1. The molecule has 0 atom stereocenters. The van der Waals surface area contributed by atoms with Crippen LogP contribution >= 0.6 is 0 Å². The first kappa shape index (κ1) is 12.0. The predicted octanol–water partition coefficient (Wildman–Crippen LogP) is 3.73. The Morgan fingerprint density at radius 3 is 2.27 bits per heavy atom. The molecule has 84 valence electrons. The zero-order chi connectivity index (χ0) is 11.6. The first-order chi connectivity index (χ1) is 6.79. The van der Waals surface area contributed by atoms with E-state index in [1.54, 1.807) is 6.92 Å². The lowest BCUT2D eigenvalue weighted by molar-refractivity contribution is 0.441. The molecular weight excluding hydrogens is 196 g/mol. The van der Waals surface area contributed by atoms with E-state index in [2.05, 4.69) is 5.32 Å². The van der Waals surface area contributed by atoms with Gasteiger partial charge in [0.1, 0.15) is 11.6 Å². The minimum Gasteiger partial charge on any atom is -0.382 e. The zero-order valence-electron chi connectivity index (χ0n) is 9.62. The standard InChI is InChI=1S/C12H17F2N/c1-8-5-10(14)11(6-9(8)13)15-7-12(2,3)4/h5-6,15H,7H2,1-4H3. The summed E-state index contributed by atoms with van der Waals surface area (Å²) in [5, 5.41) is 2.91. The number of aryl methyl sites for hydroxylation is 1. The van der Waals surface area contributed by atoms with Gasteiger partial charge in [0.2, 0.25) is 0 Å². The summed E-state index contributed by atoms with van der Waals surface area (Å²) in [6, 6.07) is 2.41. The molecular formula is C12H17F2N. The number of benzene rings is 1. The highest BCUT2D eigenvalue weighted by Gasteiger charge is 2.12. The van der Waals surface area contributed by atoms with E-state index < -0.39 is 5.82 Å². The molecule has 1 aromatic rings. The van der Waals surface area contributed by atoms with Crippen LogP contribution in [0.25, 0.3) is 0 Å². The molecule has 1 nitrogen and oxygen atoms in total. The van der Waals surface area contributed by atoms with Crippen molar-refractivity contribution in [3.05, 3.63) is 29.3 Å². The molecule has 3 heteroatoms. The predicted molar refractivity (Wildman–Crippen MR) is 59.0 cm³/mol. The van der Waals surface area contributed by atoms with E-state index in [0.29, 0.717) is 12.1 Å². The summed E-state index contributed by atoms with van der Waals surface area (Å²) >= 11 is 0. The smallest absolute Gasteiger partial charge is 0.146 e. The molecule has 0 unspecified atom stereocenters. The van der Waals surface area contributed by atoms with Crippen molar-refractivity contribution >= 4 is 5.69 Å². The van der Waals surface area contributed by atoms with Crippen LogP contribution in [0.2, 0.25) is 0 Å². The molecule has 0 amide bonds. The second-order valence-electron chi connectivity index (χ2n) is 5.00. The monoisotopic (exact) mass is 213 g/mol. The quantitative estimate of drug-likeness (QED) is 0.789. The largest absolute Gasteiger partial charge is 0.382 e. The van der Waals surface area contributed by atoms with Crippen molar-refractivity contribution in [3.8, 4) is 0 Å². The van der Waals surface area contributed by atoms with E-state index in [4.69, 9.17) is 0 Å². The molecule has 0 bridgehead atoms. The summed E-state index contributed by atoms with van der Waals surface area (Å²) in [5.74, 6) is -0.786. The van der Waals surface area contributed by atoms with E-state index in [9.17, 15) is 8.78 Å². The normalized spacial score (nSPS) is 11.6. The van der Waals surface area contributed by atoms with Crippen molar-refractivity contribution in [1.29, 1.82) is 0 Å². The van der Waals surface area contributed by atoms with Crippen molar-refractivity contribution in [2.24, 2.45) is 5.41 Å². The van der Waals surface area contributed by atoms with Gasteiger partial charge in [-0.05, 0) is 24.0 Å². The van der Waals surface area contributed by atoms with Crippen LogP contribution in [0.5, 0.6) is 0 Å². The van der Waals surface area contributed by atoms with Gasteiger partial charge in [0.25, 0.3) is 0 Å². The maximum atomic E-state index is 13.4. The Morgan fingerprint density at radius 2 is 1.73 bits per heavy atom. The van der Waals surface area contributed by atoms with Gasteiger partial charge in [0.15, 0.2) is 0 Å². The van der Waals surface area contributed by atoms with Crippen LogP contribution < -0.4 is 5.32 Å². The van der Waals surface area contributed by atoms with Crippen molar-refractivity contribution in [1.82, 2.24) is 0 Å². The second-order valence-corrected chi connectivity index (χ2v) is 5.00. The van der Waals surface area contributed by atoms with E-state index in [1.165, 1.54) is 12.1 Å². The van der Waals surface area contributed by atoms with E-state index in [1.807, 2.05) is 20.8 Å². The third kappa shape index (κ3) is 3.50. The van der Waals surface area contributed by atoms with Crippen molar-refractivity contribution < 1.29 is 8.78 Å². The molecule has 0 saturated carbocycles. The first-order valence-corrected chi connectivity index (χ1v) is 4.99. The lowest BCUT2D eigenvalue weighted by atomic mass is 9.97. The number of anilines is 1. The molecule has 15 heavy (non-hydrogen) atoms. The molecule has 0 aliphatic carbocycles. The van der Waals surface area contributed by atoms with Crippen LogP contribution in [0.4, 0.5) is 14.5 Å². The zero-order valence-corrected chi connectivity index (χ0v) is 9.62. The molecule has 0 aliphatic rings. The van der Waals surface area contributed by atoms with Gasteiger partial charge >= 0.3 is 0 Å². The van der Waals surface area contributed by atoms with Gasteiger partial charge in [-0.2, -0.15) is 0 Å². The van der Waals surface area contributed by atoms with Gasteiger partial charge in [0.05, 0.1) is 5.69 Å². The van der Waals surface area contributed by atoms with Gasteiger partial charge in [0, 0.05) is 12.6 Å². The molecule has 1 N–H and O–H groups in total. The third-order valence-corrected chi connectivity index (χ3v) is 2.06. The van der Waals surface area contributed by atoms with Gasteiger partial charge in [-0.1, -0.05) is 20.8 Å². The molecule has 0 spiro atoms. The van der Waals surface area contributed by atoms with Crippen LogP contribution in [-0.4, -0.2) is 6.54 Å². The molecule has 0 aliphatic heterocycles. The number of nitrogens with one attached hydrogen (secondary N) is 1. The van der Waals surface area contributed by atoms with Gasteiger partial charge in [-0.15, -0.1) is 0 Å². The fourth-order valence-corrected chi connectivity index (χ4v) is 1.14. The molecule has 0 saturated heterocycles. The van der Waals surface area contributed by atoms with Crippen LogP contribution in [0.15, 0.2) is 12.1 Å². The van der Waals surface area contributed by atoms with Gasteiger partial charge in [-0.25, -0.2) is 8.78 Å². The fraction of sp³-hybridized carbons (Fsp3) is 0.500. The number of hydrogen-bond acceptors (Lipinski definition) is 1. The molecule has 0 fully saturated rings. The van der Waals surface area contributed by atoms with E-state index >= 15 is 0 Å². The lowest BCUT2D eigenvalue weighted by Crippen LogP contribution is -2.19.